The van der Waals surface area contributed by atoms with Crippen molar-refractivity contribution in [3.8, 4) is 0 Å². The van der Waals surface area contributed by atoms with Crippen LogP contribution in [0.3, 0.4) is 0 Å². The van der Waals surface area contributed by atoms with Crippen molar-refractivity contribution in [1.82, 2.24) is 5.32 Å². The van der Waals surface area contributed by atoms with E-state index in [-0.39, 0.29) is 42.2 Å². The van der Waals surface area contributed by atoms with E-state index in [2.05, 4.69) is 10.6 Å². The Balaban J connectivity index is 0.00000169. The molecule has 2 fully saturated rings. The van der Waals surface area contributed by atoms with Crippen LogP contribution in [0.5, 0.6) is 0 Å². The fraction of sp³-hybridized carbons (Fsp3) is 0.556. The predicted molar refractivity (Wildman–Crippen MR) is 94.9 cm³/mol. The number of carbonyl (C=O) groups excluding carboxylic acids is 2. The van der Waals surface area contributed by atoms with Crippen LogP contribution < -0.4 is 16.4 Å². The fourth-order valence-corrected chi connectivity index (χ4v) is 4.64. The van der Waals surface area contributed by atoms with Crippen LogP contribution in [-0.4, -0.2) is 17.9 Å². The molecule has 130 valence electrons. The molecule has 1 heterocycles. The van der Waals surface area contributed by atoms with Crippen LogP contribution in [0, 0.1) is 17.8 Å². The summed E-state index contributed by atoms with van der Waals surface area (Å²) in [5.41, 5.74) is 9.18. The smallest absolute Gasteiger partial charge is 0.228 e. The second-order valence-electron chi connectivity index (χ2n) is 7.31. The van der Waals surface area contributed by atoms with Gasteiger partial charge in [-0.25, -0.2) is 0 Å². The largest absolute Gasteiger partial charge is 0.349 e. The van der Waals surface area contributed by atoms with Crippen molar-refractivity contribution in [1.29, 1.82) is 0 Å². The SMILES string of the molecule is CC(NC(=O)C1C2CCC(C2)C1N)c1ccc2c(c1)CC(=O)N2.Cl. The summed E-state index contributed by atoms with van der Waals surface area (Å²) in [5, 5.41) is 5.96. The minimum atomic E-state index is -0.0742. The van der Waals surface area contributed by atoms with Gasteiger partial charge >= 0.3 is 0 Å². The zero-order valence-electron chi connectivity index (χ0n) is 13.7. The van der Waals surface area contributed by atoms with Crippen LogP contribution in [0.25, 0.3) is 0 Å². The van der Waals surface area contributed by atoms with Gasteiger partial charge in [0.2, 0.25) is 11.8 Å². The van der Waals surface area contributed by atoms with E-state index in [0.29, 0.717) is 18.3 Å². The van der Waals surface area contributed by atoms with Gasteiger partial charge in [-0.05, 0) is 55.2 Å². The highest BCUT2D eigenvalue weighted by atomic mass is 35.5. The van der Waals surface area contributed by atoms with E-state index in [4.69, 9.17) is 5.73 Å². The molecule has 4 rings (SSSR count). The van der Waals surface area contributed by atoms with Crippen molar-refractivity contribution < 1.29 is 9.59 Å². The molecule has 4 N–H and O–H groups in total. The average molecular weight is 350 g/mol. The highest BCUT2D eigenvalue weighted by molar-refractivity contribution is 5.99. The third-order valence-corrected chi connectivity index (χ3v) is 5.90. The summed E-state index contributed by atoms with van der Waals surface area (Å²) < 4.78 is 0. The second kappa shape index (κ2) is 6.37. The van der Waals surface area contributed by atoms with Gasteiger partial charge in [0.1, 0.15) is 0 Å². The number of nitrogens with two attached hydrogens (primary N) is 1. The number of hydrogen-bond acceptors (Lipinski definition) is 3. The average Bonchev–Trinajstić information content (AvgIpc) is 3.18. The second-order valence-corrected chi connectivity index (χ2v) is 7.31. The van der Waals surface area contributed by atoms with E-state index in [0.717, 1.165) is 29.7 Å². The monoisotopic (exact) mass is 349 g/mol. The van der Waals surface area contributed by atoms with Gasteiger partial charge in [0.15, 0.2) is 0 Å². The molecule has 6 heteroatoms. The first-order valence-corrected chi connectivity index (χ1v) is 8.51. The molecule has 3 aliphatic rings. The minimum absolute atomic E-state index is 0. The lowest BCUT2D eigenvalue weighted by atomic mass is 9.84. The number of nitrogens with one attached hydrogen (secondary N) is 2. The molecule has 1 aromatic rings. The molecule has 0 radical (unpaired) electrons. The molecular formula is C18H24ClN3O2. The number of halogens is 1. The molecule has 5 unspecified atom stereocenters. The summed E-state index contributed by atoms with van der Waals surface area (Å²) in [4.78, 5) is 24.1. The number of anilines is 1. The Morgan fingerprint density at radius 3 is 2.79 bits per heavy atom. The predicted octanol–water partition coefficient (Wildman–Crippen LogP) is 2.15. The van der Waals surface area contributed by atoms with E-state index >= 15 is 0 Å². The number of carbonyl (C=O) groups is 2. The highest BCUT2D eigenvalue weighted by Crippen LogP contribution is 2.47. The number of rotatable bonds is 3. The molecule has 1 aliphatic heterocycles. The summed E-state index contributed by atoms with van der Waals surface area (Å²) in [5.74, 6) is 1.08. The van der Waals surface area contributed by atoms with E-state index in [1.165, 1.54) is 6.42 Å². The Bertz CT molecular complexity index is 676. The number of hydrogen-bond donors (Lipinski definition) is 3. The van der Waals surface area contributed by atoms with Gasteiger partial charge in [0, 0.05) is 11.7 Å². The lowest BCUT2D eigenvalue weighted by Crippen LogP contribution is -2.45. The van der Waals surface area contributed by atoms with E-state index in [1.54, 1.807) is 0 Å². The molecule has 2 saturated carbocycles. The molecule has 5 nitrogen and oxygen atoms in total. The molecule has 1 aromatic carbocycles. The minimum Gasteiger partial charge on any atom is -0.349 e. The van der Waals surface area contributed by atoms with Gasteiger partial charge in [-0.2, -0.15) is 0 Å². The van der Waals surface area contributed by atoms with Crippen LogP contribution in [0.2, 0.25) is 0 Å². The van der Waals surface area contributed by atoms with Gasteiger partial charge in [-0.1, -0.05) is 12.1 Å². The summed E-state index contributed by atoms with van der Waals surface area (Å²) in [7, 11) is 0. The molecule has 24 heavy (non-hydrogen) atoms. The van der Waals surface area contributed by atoms with Crippen LogP contribution in [0.15, 0.2) is 18.2 Å². The molecular weight excluding hydrogens is 326 g/mol. The number of benzene rings is 1. The fourth-order valence-electron chi connectivity index (χ4n) is 4.64. The maximum atomic E-state index is 12.7. The van der Waals surface area contributed by atoms with E-state index in [9.17, 15) is 9.59 Å². The maximum absolute atomic E-state index is 12.7. The Hall–Kier alpha value is -1.59. The molecule has 0 aromatic heterocycles. The summed E-state index contributed by atoms with van der Waals surface area (Å²) >= 11 is 0. The Morgan fingerprint density at radius 2 is 2.08 bits per heavy atom. The molecule has 2 bridgehead atoms. The molecule has 5 atom stereocenters. The van der Waals surface area contributed by atoms with Gasteiger partial charge in [0.25, 0.3) is 0 Å². The van der Waals surface area contributed by atoms with Gasteiger partial charge in [0.05, 0.1) is 18.4 Å². The van der Waals surface area contributed by atoms with Crippen molar-refractivity contribution >= 4 is 29.9 Å². The number of amides is 2. The van der Waals surface area contributed by atoms with Crippen molar-refractivity contribution in [2.75, 3.05) is 5.32 Å². The first kappa shape index (κ1) is 17.2. The normalized spacial score (nSPS) is 31.2. The van der Waals surface area contributed by atoms with Crippen molar-refractivity contribution in [2.24, 2.45) is 23.5 Å². The quantitative estimate of drug-likeness (QED) is 0.781. The lowest BCUT2D eigenvalue weighted by molar-refractivity contribution is -0.127. The third-order valence-electron chi connectivity index (χ3n) is 5.90. The van der Waals surface area contributed by atoms with Crippen LogP contribution >= 0.6 is 12.4 Å². The highest BCUT2D eigenvalue weighted by Gasteiger charge is 2.49. The zero-order valence-corrected chi connectivity index (χ0v) is 14.6. The summed E-state index contributed by atoms with van der Waals surface area (Å²) in [6.07, 6.45) is 3.84. The molecule has 0 spiro atoms. The lowest BCUT2D eigenvalue weighted by Gasteiger charge is -2.28. The number of fused-ring (bicyclic) bond motifs is 3. The molecule has 2 aliphatic carbocycles. The van der Waals surface area contributed by atoms with Gasteiger partial charge < -0.3 is 16.4 Å². The third kappa shape index (κ3) is 2.80. The Morgan fingerprint density at radius 1 is 1.33 bits per heavy atom. The van der Waals surface area contributed by atoms with E-state index < -0.39 is 0 Å². The molecule has 0 saturated heterocycles. The summed E-state index contributed by atoms with van der Waals surface area (Å²) in [6.45, 7) is 1.99. The Labute approximate surface area is 148 Å². The van der Waals surface area contributed by atoms with Crippen molar-refractivity contribution in [3.05, 3.63) is 29.3 Å². The maximum Gasteiger partial charge on any atom is 0.228 e. The van der Waals surface area contributed by atoms with Gasteiger partial charge in [-0.3, -0.25) is 9.59 Å². The first-order chi connectivity index (χ1) is 11.0. The van der Waals surface area contributed by atoms with Crippen molar-refractivity contribution in [3.63, 3.8) is 0 Å². The van der Waals surface area contributed by atoms with Crippen molar-refractivity contribution in [2.45, 2.75) is 44.7 Å². The van der Waals surface area contributed by atoms with Gasteiger partial charge in [-0.15, -0.1) is 12.4 Å². The first-order valence-electron chi connectivity index (χ1n) is 8.51. The van der Waals surface area contributed by atoms with E-state index in [1.807, 2.05) is 25.1 Å². The Kier molecular flexibility index (Phi) is 4.58. The zero-order chi connectivity index (χ0) is 16.1. The van der Waals surface area contributed by atoms with Crippen LogP contribution in [0.4, 0.5) is 5.69 Å². The van der Waals surface area contributed by atoms with Crippen LogP contribution in [0.1, 0.15) is 43.4 Å². The van der Waals surface area contributed by atoms with Crippen LogP contribution in [-0.2, 0) is 16.0 Å². The molecule has 2 amide bonds. The standard InChI is InChI=1S/C18H23N3O2.ClH/c1-9(10-4-5-14-13(6-10)8-15(22)21-14)20-18(23)16-11-2-3-12(7-11)17(16)19;/h4-6,9,11-12,16-17H,2-3,7-8,19H2,1H3,(H,20,23)(H,21,22);1H. The summed E-state index contributed by atoms with van der Waals surface area (Å²) in [6, 6.07) is 5.84. The topological polar surface area (TPSA) is 84.2 Å².